The van der Waals surface area contributed by atoms with Gasteiger partial charge >= 0.3 is 0 Å². The van der Waals surface area contributed by atoms with Gasteiger partial charge in [0, 0.05) is 10.9 Å². The first-order chi connectivity index (χ1) is 7.33. The van der Waals surface area contributed by atoms with Crippen LogP contribution < -0.4 is 4.74 Å². The minimum atomic E-state index is 0.424. The number of hydrogen-bond donors (Lipinski definition) is 0. The highest BCUT2D eigenvalue weighted by atomic mass is 79.9. The number of rotatable bonds is 3. The van der Waals surface area contributed by atoms with E-state index in [1.807, 2.05) is 12.1 Å². The van der Waals surface area contributed by atoms with Crippen molar-refractivity contribution >= 4 is 33.1 Å². The topological polar surface area (TPSA) is 39.2 Å². The summed E-state index contributed by atoms with van der Waals surface area (Å²) in [7, 11) is 0. The summed E-state index contributed by atoms with van der Waals surface area (Å²) in [5.74, 6) is 0.683. The number of ether oxygens (including phenoxy) is 1. The van der Waals surface area contributed by atoms with Gasteiger partial charge in [-0.1, -0.05) is 0 Å². The molecular weight excluding hydrogens is 258 g/mol. The van der Waals surface area contributed by atoms with E-state index in [9.17, 15) is 4.79 Å². The van der Waals surface area contributed by atoms with E-state index in [2.05, 4.69) is 20.9 Å². The molecule has 1 heterocycles. The third-order valence-electron chi connectivity index (χ3n) is 2.04. The second-order valence-electron chi connectivity index (χ2n) is 2.99. The molecule has 0 unspecified atom stereocenters. The molecule has 15 heavy (non-hydrogen) atoms. The highest BCUT2D eigenvalue weighted by Gasteiger charge is 1.99. The quantitative estimate of drug-likeness (QED) is 0.633. The van der Waals surface area contributed by atoms with Crippen LogP contribution in [0.3, 0.4) is 0 Å². The summed E-state index contributed by atoms with van der Waals surface area (Å²) < 4.78 is 5.25. The largest absolute Gasteiger partial charge is 0.481 e. The van der Waals surface area contributed by atoms with Crippen molar-refractivity contribution in [3.63, 3.8) is 0 Å². The summed E-state index contributed by atoms with van der Waals surface area (Å²) in [6.07, 6.45) is 2.47. The van der Waals surface area contributed by atoms with Crippen LogP contribution in [0.4, 0.5) is 0 Å². The lowest BCUT2D eigenvalue weighted by Crippen LogP contribution is -1.90. The molecular formula is C11H8BrNO2. The van der Waals surface area contributed by atoms with Crippen LogP contribution in [-0.2, 0) is 0 Å². The SMILES string of the molecule is O=Cc1ccc2ncc(OCBr)cc2c1. The Hall–Kier alpha value is -1.42. The van der Waals surface area contributed by atoms with E-state index in [1.165, 1.54) is 0 Å². The fourth-order valence-electron chi connectivity index (χ4n) is 1.35. The summed E-state index contributed by atoms with van der Waals surface area (Å²) in [5.41, 5.74) is 1.91. The normalized spacial score (nSPS) is 10.2. The lowest BCUT2D eigenvalue weighted by molar-refractivity contribution is 0.112. The van der Waals surface area contributed by atoms with Crippen LogP contribution in [-0.4, -0.2) is 16.8 Å². The average molecular weight is 266 g/mol. The minimum Gasteiger partial charge on any atom is -0.481 e. The molecule has 0 fully saturated rings. The maximum Gasteiger partial charge on any atom is 0.150 e. The number of hydrogen-bond acceptors (Lipinski definition) is 3. The molecule has 0 aliphatic carbocycles. The van der Waals surface area contributed by atoms with Gasteiger partial charge in [-0.2, -0.15) is 0 Å². The van der Waals surface area contributed by atoms with Crippen LogP contribution >= 0.6 is 15.9 Å². The van der Waals surface area contributed by atoms with Crippen LogP contribution in [0.15, 0.2) is 30.5 Å². The molecule has 76 valence electrons. The Morgan fingerprint density at radius 3 is 3.00 bits per heavy atom. The molecule has 0 bridgehead atoms. The Morgan fingerprint density at radius 2 is 2.27 bits per heavy atom. The summed E-state index contributed by atoms with van der Waals surface area (Å²) in [4.78, 5) is 14.8. The van der Waals surface area contributed by atoms with Gasteiger partial charge in [-0.25, -0.2) is 0 Å². The molecule has 2 rings (SSSR count). The Bertz CT molecular complexity index is 499. The smallest absolute Gasteiger partial charge is 0.150 e. The van der Waals surface area contributed by atoms with Gasteiger partial charge in [0.1, 0.15) is 17.6 Å². The molecule has 0 amide bonds. The number of nitrogens with zero attached hydrogens (tertiary/aromatic N) is 1. The van der Waals surface area contributed by atoms with Crippen molar-refractivity contribution in [2.45, 2.75) is 0 Å². The Kier molecular flexibility index (Phi) is 2.97. The molecule has 0 radical (unpaired) electrons. The Morgan fingerprint density at radius 1 is 1.40 bits per heavy atom. The molecule has 1 aromatic heterocycles. The van der Waals surface area contributed by atoms with Crippen molar-refractivity contribution in [1.82, 2.24) is 4.98 Å². The minimum absolute atomic E-state index is 0.424. The zero-order valence-electron chi connectivity index (χ0n) is 7.81. The van der Waals surface area contributed by atoms with E-state index in [0.29, 0.717) is 16.8 Å². The second-order valence-corrected chi connectivity index (χ2v) is 3.45. The van der Waals surface area contributed by atoms with Crippen LogP contribution in [0.25, 0.3) is 10.9 Å². The van der Waals surface area contributed by atoms with Crippen molar-refractivity contribution in [3.05, 3.63) is 36.0 Å². The predicted octanol–water partition coefficient (Wildman–Crippen LogP) is 2.78. The molecule has 0 saturated carbocycles. The van der Waals surface area contributed by atoms with E-state index in [4.69, 9.17) is 4.74 Å². The lowest BCUT2D eigenvalue weighted by Gasteiger charge is -2.03. The summed E-state index contributed by atoms with van der Waals surface area (Å²) >= 11 is 3.17. The average Bonchev–Trinajstić information content (AvgIpc) is 2.28. The van der Waals surface area contributed by atoms with Crippen molar-refractivity contribution in [1.29, 1.82) is 0 Å². The number of benzene rings is 1. The molecule has 4 heteroatoms. The van der Waals surface area contributed by atoms with Crippen molar-refractivity contribution in [2.75, 3.05) is 5.52 Å². The van der Waals surface area contributed by atoms with Crippen molar-refractivity contribution in [3.8, 4) is 5.75 Å². The fraction of sp³-hybridized carbons (Fsp3) is 0.0909. The number of aldehydes is 1. The highest BCUT2D eigenvalue weighted by molar-refractivity contribution is 9.09. The third-order valence-corrected chi connectivity index (χ3v) is 2.27. The van der Waals surface area contributed by atoms with E-state index in [1.54, 1.807) is 18.3 Å². The zero-order chi connectivity index (χ0) is 10.7. The monoisotopic (exact) mass is 265 g/mol. The van der Waals surface area contributed by atoms with E-state index >= 15 is 0 Å². The number of alkyl halides is 1. The maximum atomic E-state index is 10.6. The summed E-state index contributed by atoms with van der Waals surface area (Å²) in [5, 5.41) is 0.901. The standard InChI is InChI=1S/C11H8BrNO2/c12-7-15-10-4-9-3-8(6-14)1-2-11(9)13-5-10/h1-6H,7H2. The Balaban J connectivity index is 2.52. The van der Waals surface area contributed by atoms with Gasteiger partial charge in [-0.15, -0.1) is 0 Å². The number of carbonyl (C=O) groups excluding carboxylic acids is 1. The lowest BCUT2D eigenvalue weighted by atomic mass is 10.1. The van der Waals surface area contributed by atoms with Gasteiger partial charge in [-0.3, -0.25) is 9.78 Å². The van der Waals surface area contributed by atoms with E-state index in [-0.39, 0.29) is 0 Å². The van der Waals surface area contributed by atoms with Crippen LogP contribution in [0.5, 0.6) is 5.75 Å². The summed E-state index contributed by atoms with van der Waals surface area (Å²) in [6.45, 7) is 0. The van der Waals surface area contributed by atoms with Crippen LogP contribution in [0.2, 0.25) is 0 Å². The van der Waals surface area contributed by atoms with Gasteiger partial charge in [-0.05, 0) is 40.2 Å². The first kappa shape index (κ1) is 10.1. The van der Waals surface area contributed by atoms with E-state index in [0.717, 1.165) is 17.2 Å². The maximum absolute atomic E-state index is 10.6. The van der Waals surface area contributed by atoms with Crippen LogP contribution in [0, 0.1) is 0 Å². The predicted molar refractivity (Wildman–Crippen MR) is 61.6 cm³/mol. The van der Waals surface area contributed by atoms with Gasteiger partial charge < -0.3 is 4.74 Å². The van der Waals surface area contributed by atoms with Gasteiger partial charge in [0.2, 0.25) is 0 Å². The molecule has 3 nitrogen and oxygen atoms in total. The molecule has 1 aromatic carbocycles. The third kappa shape index (κ3) is 2.15. The number of carbonyl (C=O) groups is 1. The highest BCUT2D eigenvalue weighted by Crippen LogP contribution is 2.19. The molecule has 0 spiro atoms. The zero-order valence-corrected chi connectivity index (χ0v) is 9.40. The first-order valence-corrected chi connectivity index (χ1v) is 5.49. The van der Waals surface area contributed by atoms with Crippen molar-refractivity contribution < 1.29 is 9.53 Å². The fourth-order valence-corrected chi connectivity index (χ4v) is 1.61. The van der Waals surface area contributed by atoms with Crippen molar-refractivity contribution in [2.24, 2.45) is 0 Å². The summed E-state index contributed by atoms with van der Waals surface area (Å²) in [6, 6.07) is 7.21. The van der Waals surface area contributed by atoms with Gasteiger partial charge in [0.25, 0.3) is 0 Å². The molecule has 0 atom stereocenters. The number of aromatic nitrogens is 1. The molecule has 2 aromatic rings. The number of fused-ring (bicyclic) bond motifs is 1. The number of halogens is 1. The molecule has 0 N–H and O–H groups in total. The molecule has 0 saturated heterocycles. The molecule has 0 aliphatic heterocycles. The van der Waals surface area contributed by atoms with Gasteiger partial charge in [0.05, 0.1) is 11.7 Å². The first-order valence-electron chi connectivity index (χ1n) is 4.37. The Labute approximate surface area is 95.2 Å². The molecule has 0 aliphatic rings. The van der Waals surface area contributed by atoms with E-state index < -0.39 is 0 Å². The van der Waals surface area contributed by atoms with Crippen LogP contribution in [0.1, 0.15) is 10.4 Å². The van der Waals surface area contributed by atoms with Gasteiger partial charge in [0.15, 0.2) is 0 Å². The second kappa shape index (κ2) is 4.40. The number of pyridine rings is 1.